The van der Waals surface area contributed by atoms with Crippen molar-refractivity contribution in [3.05, 3.63) is 34.4 Å². The lowest BCUT2D eigenvalue weighted by Crippen LogP contribution is -2.46. The van der Waals surface area contributed by atoms with Crippen molar-refractivity contribution in [1.29, 1.82) is 0 Å². The Labute approximate surface area is 126 Å². The normalized spacial score (nSPS) is 12.7. The van der Waals surface area contributed by atoms with E-state index in [0.717, 1.165) is 16.7 Å². The maximum atomic E-state index is 12.3. The standard InChI is InChI=1S/C17H25NO3/c1-10-8-11(2)14(12(3)9-10)16(20)21-13(4)15(19)18-17(5,6)7/h8-9,13H,1-7H3,(H,18,19)/t13-/m1/s1. The summed E-state index contributed by atoms with van der Waals surface area (Å²) in [6, 6.07) is 3.87. The van der Waals surface area contributed by atoms with Gasteiger partial charge >= 0.3 is 5.97 Å². The molecule has 1 aromatic rings. The maximum Gasteiger partial charge on any atom is 0.339 e. The highest BCUT2D eigenvalue weighted by atomic mass is 16.5. The average Bonchev–Trinajstić information content (AvgIpc) is 2.24. The smallest absolute Gasteiger partial charge is 0.339 e. The molecular weight excluding hydrogens is 266 g/mol. The van der Waals surface area contributed by atoms with Gasteiger partial charge in [0.1, 0.15) is 0 Å². The fourth-order valence-electron chi connectivity index (χ4n) is 2.25. The molecule has 0 fully saturated rings. The van der Waals surface area contributed by atoms with Gasteiger partial charge in [-0.1, -0.05) is 17.7 Å². The Hall–Kier alpha value is -1.84. The Morgan fingerprint density at radius 2 is 1.57 bits per heavy atom. The van der Waals surface area contributed by atoms with E-state index in [4.69, 9.17) is 4.74 Å². The SMILES string of the molecule is Cc1cc(C)c(C(=O)O[C@H](C)C(=O)NC(C)(C)C)c(C)c1. The topological polar surface area (TPSA) is 55.4 Å². The molecule has 0 spiro atoms. The fraction of sp³-hybridized carbons (Fsp3) is 0.529. The first-order chi connectivity index (χ1) is 9.51. The number of amides is 1. The molecule has 0 aromatic heterocycles. The number of nitrogens with one attached hydrogen (secondary N) is 1. The molecule has 0 aliphatic heterocycles. The van der Waals surface area contributed by atoms with E-state index in [-0.39, 0.29) is 11.4 Å². The number of rotatable bonds is 3. The molecule has 0 saturated heterocycles. The Balaban J connectivity index is 2.85. The number of carbonyl (C=O) groups is 2. The van der Waals surface area contributed by atoms with Gasteiger partial charge in [-0.3, -0.25) is 4.79 Å². The highest BCUT2D eigenvalue weighted by molar-refractivity contribution is 5.95. The van der Waals surface area contributed by atoms with E-state index in [1.54, 1.807) is 6.92 Å². The van der Waals surface area contributed by atoms with Crippen molar-refractivity contribution in [2.45, 2.75) is 60.1 Å². The van der Waals surface area contributed by atoms with Crippen molar-refractivity contribution in [2.75, 3.05) is 0 Å². The van der Waals surface area contributed by atoms with Gasteiger partial charge in [0.15, 0.2) is 6.10 Å². The minimum Gasteiger partial charge on any atom is -0.449 e. The van der Waals surface area contributed by atoms with E-state index in [9.17, 15) is 9.59 Å². The summed E-state index contributed by atoms with van der Waals surface area (Å²) in [5.41, 5.74) is 3.01. The molecule has 21 heavy (non-hydrogen) atoms. The van der Waals surface area contributed by atoms with Crippen LogP contribution in [-0.2, 0) is 9.53 Å². The monoisotopic (exact) mass is 291 g/mol. The predicted octanol–water partition coefficient (Wildman–Crippen LogP) is 3.07. The van der Waals surface area contributed by atoms with Crippen molar-refractivity contribution < 1.29 is 14.3 Å². The number of benzene rings is 1. The summed E-state index contributed by atoms with van der Waals surface area (Å²) in [6.07, 6.45) is -0.822. The van der Waals surface area contributed by atoms with Gasteiger partial charge in [0.05, 0.1) is 5.56 Å². The van der Waals surface area contributed by atoms with Gasteiger partial charge in [-0.15, -0.1) is 0 Å². The van der Waals surface area contributed by atoms with Crippen LogP contribution in [0.1, 0.15) is 54.7 Å². The molecule has 0 heterocycles. The Morgan fingerprint density at radius 3 is 2.00 bits per heavy atom. The van der Waals surface area contributed by atoms with Crippen LogP contribution in [0, 0.1) is 20.8 Å². The molecule has 116 valence electrons. The third-order valence-electron chi connectivity index (χ3n) is 3.03. The summed E-state index contributed by atoms with van der Waals surface area (Å²) in [7, 11) is 0. The highest BCUT2D eigenvalue weighted by Crippen LogP contribution is 2.18. The van der Waals surface area contributed by atoms with Crippen LogP contribution in [0.5, 0.6) is 0 Å². The minimum absolute atomic E-state index is 0.293. The third-order valence-corrected chi connectivity index (χ3v) is 3.03. The number of hydrogen-bond acceptors (Lipinski definition) is 3. The van der Waals surface area contributed by atoms with Crippen molar-refractivity contribution >= 4 is 11.9 Å². The summed E-state index contributed by atoms with van der Waals surface area (Å²) < 4.78 is 5.29. The summed E-state index contributed by atoms with van der Waals surface area (Å²) in [6.45, 7) is 13.0. The van der Waals surface area contributed by atoms with Crippen LogP contribution < -0.4 is 5.32 Å². The van der Waals surface area contributed by atoms with Gasteiger partial charge in [-0.2, -0.15) is 0 Å². The summed E-state index contributed by atoms with van der Waals surface area (Å²) >= 11 is 0. The second kappa shape index (κ2) is 6.29. The lowest BCUT2D eigenvalue weighted by Gasteiger charge is -2.23. The Kier molecular flexibility index (Phi) is 5.15. The predicted molar refractivity (Wildman–Crippen MR) is 83.4 cm³/mol. The van der Waals surface area contributed by atoms with Gasteiger partial charge in [0, 0.05) is 5.54 Å². The Bertz CT molecular complexity index is 533. The van der Waals surface area contributed by atoms with Gasteiger partial charge in [-0.05, 0) is 59.6 Å². The number of ether oxygens (including phenoxy) is 1. The molecule has 1 N–H and O–H groups in total. The molecule has 0 bridgehead atoms. The van der Waals surface area contributed by atoms with Crippen molar-refractivity contribution in [1.82, 2.24) is 5.32 Å². The van der Waals surface area contributed by atoms with E-state index in [0.29, 0.717) is 5.56 Å². The van der Waals surface area contributed by atoms with Gasteiger partial charge in [0.25, 0.3) is 5.91 Å². The molecule has 0 radical (unpaired) electrons. The van der Waals surface area contributed by atoms with Crippen LogP contribution in [0.4, 0.5) is 0 Å². The van der Waals surface area contributed by atoms with E-state index in [2.05, 4.69) is 5.32 Å². The van der Waals surface area contributed by atoms with Gasteiger partial charge < -0.3 is 10.1 Å². The molecule has 0 aliphatic carbocycles. The first-order valence-electron chi connectivity index (χ1n) is 7.12. The summed E-state index contributed by atoms with van der Waals surface area (Å²) in [5.74, 6) is -0.750. The van der Waals surface area contributed by atoms with E-state index < -0.39 is 12.1 Å². The number of aryl methyl sites for hydroxylation is 3. The van der Waals surface area contributed by atoms with Crippen molar-refractivity contribution in [3.63, 3.8) is 0 Å². The number of esters is 1. The molecule has 0 saturated carbocycles. The van der Waals surface area contributed by atoms with E-state index in [1.807, 2.05) is 53.7 Å². The molecule has 4 nitrogen and oxygen atoms in total. The van der Waals surface area contributed by atoms with E-state index >= 15 is 0 Å². The van der Waals surface area contributed by atoms with Crippen molar-refractivity contribution in [2.24, 2.45) is 0 Å². The van der Waals surface area contributed by atoms with E-state index in [1.165, 1.54) is 0 Å². The van der Waals surface area contributed by atoms with Crippen LogP contribution in [0.25, 0.3) is 0 Å². The van der Waals surface area contributed by atoms with Gasteiger partial charge in [0.2, 0.25) is 0 Å². The zero-order valence-corrected chi connectivity index (χ0v) is 14.0. The molecule has 1 rings (SSSR count). The second-order valence-electron chi connectivity index (χ2n) is 6.56. The van der Waals surface area contributed by atoms with Crippen molar-refractivity contribution in [3.8, 4) is 0 Å². The zero-order chi connectivity index (χ0) is 16.4. The summed E-state index contributed by atoms with van der Waals surface area (Å²) in [5, 5.41) is 2.80. The van der Waals surface area contributed by atoms with Crippen LogP contribution >= 0.6 is 0 Å². The van der Waals surface area contributed by atoms with Gasteiger partial charge in [-0.25, -0.2) is 4.79 Å². The Morgan fingerprint density at radius 1 is 1.10 bits per heavy atom. The largest absolute Gasteiger partial charge is 0.449 e. The molecule has 0 aliphatic rings. The van der Waals surface area contributed by atoms with Crippen LogP contribution in [0.3, 0.4) is 0 Å². The lowest BCUT2D eigenvalue weighted by atomic mass is 10.00. The second-order valence-corrected chi connectivity index (χ2v) is 6.56. The number of carbonyl (C=O) groups excluding carboxylic acids is 2. The van der Waals surface area contributed by atoms with Crippen LogP contribution in [-0.4, -0.2) is 23.5 Å². The lowest BCUT2D eigenvalue weighted by molar-refractivity contribution is -0.130. The van der Waals surface area contributed by atoms with Crippen LogP contribution in [0.2, 0.25) is 0 Å². The fourth-order valence-corrected chi connectivity index (χ4v) is 2.25. The molecular formula is C17H25NO3. The third kappa shape index (κ3) is 4.88. The average molecular weight is 291 g/mol. The molecule has 1 atom stereocenters. The summed E-state index contributed by atoms with van der Waals surface area (Å²) in [4.78, 5) is 24.2. The minimum atomic E-state index is -0.822. The molecule has 1 aromatic carbocycles. The van der Waals surface area contributed by atoms with Crippen LogP contribution in [0.15, 0.2) is 12.1 Å². The molecule has 0 unspecified atom stereocenters. The first-order valence-corrected chi connectivity index (χ1v) is 7.12. The first kappa shape index (κ1) is 17.2. The quantitative estimate of drug-likeness (QED) is 0.871. The molecule has 4 heteroatoms. The molecule has 1 amide bonds. The zero-order valence-electron chi connectivity index (χ0n) is 14.0. The maximum absolute atomic E-state index is 12.3. The highest BCUT2D eigenvalue weighted by Gasteiger charge is 2.24. The number of hydrogen-bond donors (Lipinski definition) is 1.